The second-order valence-corrected chi connectivity index (χ2v) is 8.80. The van der Waals surface area contributed by atoms with Crippen molar-refractivity contribution >= 4 is 27.5 Å². The highest BCUT2D eigenvalue weighted by Crippen LogP contribution is 2.22. The lowest BCUT2D eigenvalue weighted by Crippen LogP contribution is -2.10. The molecular weight excluding hydrogens is 498 g/mol. The Balaban J connectivity index is 1.26. The first-order valence-corrected chi connectivity index (χ1v) is 11.8. The summed E-state index contributed by atoms with van der Waals surface area (Å²) >= 11 is 3.39. The molecule has 34 heavy (non-hydrogen) atoms. The molecule has 1 amide bonds. The number of rotatable bonds is 10. The zero-order chi connectivity index (χ0) is 23.9. The van der Waals surface area contributed by atoms with E-state index in [1.807, 2.05) is 36.4 Å². The Morgan fingerprint density at radius 1 is 1.06 bits per heavy atom. The van der Waals surface area contributed by atoms with Crippen molar-refractivity contribution in [2.45, 2.75) is 39.5 Å². The number of hydrogen-bond acceptors (Lipinski definition) is 5. The first-order chi connectivity index (χ1) is 16.5. The van der Waals surface area contributed by atoms with Crippen molar-refractivity contribution < 1.29 is 18.7 Å². The molecule has 0 fully saturated rings. The lowest BCUT2D eigenvalue weighted by atomic mass is 9.99. The fourth-order valence-electron chi connectivity index (χ4n) is 3.22. The van der Waals surface area contributed by atoms with Crippen LogP contribution < -0.4 is 14.8 Å². The molecule has 1 atom stereocenters. The molecule has 0 aliphatic rings. The number of halogens is 1. The molecule has 0 saturated carbocycles. The van der Waals surface area contributed by atoms with Gasteiger partial charge >= 0.3 is 0 Å². The van der Waals surface area contributed by atoms with E-state index in [2.05, 4.69) is 52.3 Å². The number of nitrogens with zero attached hydrogens (tertiary/aromatic N) is 2. The fourth-order valence-corrected chi connectivity index (χ4v) is 3.49. The van der Waals surface area contributed by atoms with Gasteiger partial charge in [0.25, 0.3) is 5.91 Å². The predicted octanol–water partition coefficient (Wildman–Crippen LogP) is 6.62. The number of carbonyl (C=O) groups excluding carboxylic acids is 1. The largest absolute Gasteiger partial charge is 0.486 e. The van der Waals surface area contributed by atoms with E-state index in [1.54, 1.807) is 29.2 Å². The molecule has 2 heterocycles. The van der Waals surface area contributed by atoms with Crippen molar-refractivity contribution in [2.75, 3.05) is 5.32 Å². The molecule has 2 aromatic heterocycles. The molecule has 4 rings (SSSR count). The third-order valence-corrected chi connectivity index (χ3v) is 5.92. The Kier molecular flexibility index (Phi) is 7.69. The number of ether oxygens (including phenoxy) is 2. The first kappa shape index (κ1) is 23.6. The molecule has 0 bridgehead atoms. The average Bonchev–Trinajstić information content (AvgIpc) is 3.52. The van der Waals surface area contributed by atoms with E-state index in [0.29, 0.717) is 17.4 Å². The minimum absolute atomic E-state index is 0.199. The zero-order valence-electron chi connectivity index (χ0n) is 19.0. The number of aromatic nitrogens is 2. The van der Waals surface area contributed by atoms with Gasteiger partial charge in [-0.05, 0) is 66.4 Å². The number of amides is 1. The van der Waals surface area contributed by atoms with Crippen molar-refractivity contribution in [2.24, 2.45) is 0 Å². The summed E-state index contributed by atoms with van der Waals surface area (Å²) < 4.78 is 19.7. The van der Waals surface area contributed by atoms with Crippen molar-refractivity contribution in [1.29, 1.82) is 0 Å². The Bertz CT molecular complexity index is 1220. The van der Waals surface area contributed by atoms with Crippen LogP contribution >= 0.6 is 15.9 Å². The summed E-state index contributed by atoms with van der Waals surface area (Å²) in [6.45, 7) is 4.83. The lowest BCUT2D eigenvalue weighted by Gasteiger charge is -2.10. The minimum Gasteiger partial charge on any atom is -0.486 e. The van der Waals surface area contributed by atoms with E-state index in [0.717, 1.165) is 22.4 Å². The number of hydrogen-bond donors (Lipinski definition) is 1. The normalized spacial score (nSPS) is 11.7. The van der Waals surface area contributed by atoms with E-state index in [4.69, 9.17) is 13.9 Å². The SMILES string of the molecule is CCC(C)c1ccc(OCc2ccc(C(=O)Nc3cnn(COc4ccc(Br)cc4)c3)o2)cc1. The maximum absolute atomic E-state index is 12.5. The summed E-state index contributed by atoms with van der Waals surface area (Å²) in [5, 5.41) is 6.98. The highest BCUT2D eigenvalue weighted by atomic mass is 79.9. The molecule has 1 unspecified atom stereocenters. The van der Waals surface area contributed by atoms with Gasteiger partial charge in [-0.25, -0.2) is 4.68 Å². The second-order valence-electron chi connectivity index (χ2n) is 7.88. The smallest absolute Gasteiger partial charge is 0.291 e. The van der Waals surface area contributed by atoms with E-state index in [1.165, 1.54) is 5.56 Å². The van der Waals surface area contributed by atoms with Crippen molar-refractivity contribution in [3.8, 4) is 11.5 Å². The van der Waals surface area contributed by atoms with Crippen molar-refractivity contribution in [3.63, 3.8) is 0 Å². The van der Waals surface area contributed by atoms with E-state index in [9.17, 15) is 4.79 Å². The third-order valence-electron chi connectivity index (χ3n) is 5.40. The summed E-state index contributed by atoms with van der Waals surface area (Å²) in [7, 11) is 0. The van der Waals surface area contributed by atoms with Gasteiger partial charge in [0.15, 0.2) is 12.5 Å². The molecule has 0 aliphatic heterocycles. The summed E-state index contributed by atoms with van der Waals surface area (Å²) in [5.41, 5.74) is 1.83. The van der Waals surface area contributed by atoms with Crippen LogP contribution in [0, 0.1) is 0 Å². The van der Waals surface area contributed by atoms with Gasteiger partial charge in [-0.3, -0.25) is 4.79 Å². The molecule has 0 saturated heterocycles. The van der Waals surface area contributed by atoms with Gasteiger partial charge in [0.1, 0.15) is 23.9 Å². The summed E-state index contributed by atoms with van der Waals surface area (Å²) in [5.74, 6) is 2.40. The number of carbonyl (C=O) groups is 1. The molecule has 1 N–H and O–H groups in total. The van der Waals surface area contributed by atoms with Gasteiger partial charge in [-0.1, -0.05) is 41.9 Å². The van der Waals surface area contributed by atoms with Gasteiger partial charge in [-0.15, -0.1) is 0 Å². The average molecular weight is 524 g/mol. The van der Waals surface area contributed by atoms with Crippen LogP contribution in [0.15, 0.2) is 81.9 Å². The molecule has 176 valence electrons. The number of nitrogens with one attached hydrogen (secondary N) is 1. The summed E-state index contributed by atoms with van der Waals surface area (Å²) in [4.78, 5) is 12.5. The Morgan fingerprint density at radius 3 is 2.50 bits per heavy atom. The molecule has 2 aromatic carbocycles. The predicted molar refractivity (Wildman–Crippen MR) is 133 cm³/mol. The maximum Gasteiger partial charge on any atom is 0.291 e. The molecular formula is C26H26BrN3O4. The Labute approximate surface area is 206 Å². The van der Waals surface area contributed by atoms with Crippen molar-refractivity contribution in [1.82, 2.24) is 9.78 Å². The van der Waals surface area contributed by atoms with Crippen LogP contribution in [0.1, 0.15) is 48.1 Å². The summed E-state index contributed by atoms with van der Waals surface area (Å²) in [6, 6.07) is 18.9. The maximum atomic E-state index is 12.5. The summed E-state index contributed by atoms with van der Waals surface area (Å²) in [6.07, 6.45) is 4.34. The Morgan fingerprint density at radius 2 is 1.76 bits per heavy atom. The van der Waals surface area contributed by atoms with Gasteiger partial charge in [-0.2, -0.15) is 5.10 Å². The Hall–Kier alpha value is -3.52. The lowest BCUT2D eigenvalue weighted by molar-refractivity contribution is 0.0992. The fraction of sp³-hybridized carbons (Fsp3) is 0.231. The quantitative estimate of drug-likeness (QED) is 0.252. The van der Waals surface area contributed by atoms with Crippen LogP contribution in [-0.4, -0.2) is 15.7 Å². The second kappa shape index (κ2) is 11.1. The van der Waals surface area contributed by atoms with Crippen LogP contribution in [-0.2, 0) is 13.3 Å². The van der Waals surface area contributed by atoms with Gasteiger partial charge in [0.2, 0.25) is 0 Å². The standard InChI is InChI=1S/C26H26BrN3O4/c1-3-18(2)19-4-8-22(9-5-19)32-16-24-12-13-25(34-24)26(31)29-21-14-28-30(15-21)17-33-23-10-6-20(27)7-11-23/h4-15,18H,3,16-17H2,1-2H3,(H,29,31). The van der Waals surface area contributed by atoms with Gasteiger partial charge < -0.3 is 19.2 Å². The molecule has 8 heteroatoms. The van der Waals surface area contributed by atoms with E-state index >= 15 is 0 Å². The number of anilines is 1. The number of furan rings is 1. The highest BCUT2D eigenvalue weighted by Gasteiger charge is 2.13. The zero-order valence-corrected chi connectivity index (χ0v) is 20.6. The third kappa shape index (κ3) is 6.29. The number of benzene rings is 2. The van der Waals surface area contributed by atoms with Crippen LogP contribution in [0.5, 0.6) is 11.5 Å². The molecule has 0 spiro atoms. The van der Waals surface area contributed by atoms with Gasteiger partial charge in [0.05, 0.1) is 18.1 Å². The monoisotopic (exact) mass is 523 g/mol. The first-order valence-electron chi connectivity index (χ1n) is 11.0. The molecule has 4 aromatic rings. The van der Waals surface area contributed by atoms with E-state index < -0.39 is 0 Å². The minimum atomic E-state index is -0.363. The van der Waals surface area contributed by atoms with Crippen LogP contribution in [0.25, 0.3) is 0 Å². The highest BCUT2D eigenvalue weighted by molar-refractivity contribution is 9.10. The van der Waals surface area contributed by atoms with Gasteiger partial charge in [0, 0.05) is 4.47 Å². The molecule has 0 radical (unpaired) electrons. The molecule has 7 nitrogen and oxygen atoms in total. The topological polar surface area (TPSA) is 78.5 Å². The van der Waals surface area contributed by atoms with Crippen LogP contribution in [0.2, 0.25) is 0 Å². The molecule has 0 aliphatic carbocycles. The van der Waals surface area contributed by atoms with Crippen LogP contribution in [0.3, 0.4) is 0 Å². The van der Waals surface area contributed by atoms with E-state index in [-0.39, 0.29) is 25.0 Å². The van der Waals surface area contributed by atoms with Crippen LogP contribution in [0.4, 0.5) is 5.69 Å². The van der Waals surface area contributed by atoms with Crippen molar-refractivity contribution in [3.05, 3.63) is 94.6 Å².